The van der Waals surface area contributed by atoms with Crippen LogP contribution in [0.15, 0.2) is 0 Å². The van der Waals surface area contributed by atoms with Crippen LogP contribution in [0.2, 0.25) is 0 Å². The van der Waals surface area contributed by atoms with Gasteiger partial charge in [0.2, 0.25) is 11.6 Å². The maximum atomic E-state index is 6.60. The highest BCUT2D eigenvalue weighted by molar-refractivity contribution is 4.92. The molecule has 0 aromatic carbocycles. The number of aryl methyl sites for hydroxylation is 1. The zero-order valence-corrected chi connectivity index (χ0v) is 16.4. The van der Waals surface area contributed by atoms with Crippen LogP contribution >= 0.6 is 0 Å². The highest BCUT2D eigenvalue weighted by Gasteiger charge is 2.56. The molecule has 1 aliphatic heterocycles. The smallest absolute Gasteiger partial charge is 0.204 e. The van der Waals surface area contributed by atoms with Crippen LogP contribution in [0.4, 0.5) is 0 Å². The van der Waals surface area contributed by atoms with Gasteiger partial charge in [-0.2, -0.15) is 9.78 Å². The van der Waals surface area contributed by atoms with Crippen molar-refractivity contribution in [2.24, 2.45) is 23.7 Å². The predicted octanol–water partition coefficient (Wildman–Crippen LogP) is 3.93. The first-order valence-corrected chi connectivity index (χ1v) is 10.9. The number of ether oxygens (including phenoxy) is 1. The number of nitrogens with one attached hydrogen (secondary N) is 1. The van der Waals surface area contributed by atoms with Crippen molar-refractivity contribution in [2.45, 2.75) is 95.5 Å². The molecule has 7 heteroatoms. The zero-order valence-electron chi connectivity index (χ0n) is 16.4. The van der Waals surface area contributed by atoms with Crippen LogP contribution in [0.5, 0.6) is 0 Å². The SMILES string of the molecule is C[C@@]1(C2CC3CCCC(C3)C2)OO[C@]2(CC[C@@H](CCc3nnn[nH]3)CC2)O1. The van der Waals surface area contributed by atoms with Gasteiger partial charge in [0.15, 0.2) is 0 Å². The van der Waals surface area contributed by atoms with E-state index in [4.69, 9.17) is 14.5 Å². The summed E-state index contributed by atoms with van der Waals surface area (Å²) in [6, 6.07) is 0. The van der Waals surface area contributed by atoms with Gasteiger partial charge < -0.3 is 4.74 Å². The predicted molar refractivity (Wildman–Crippen MR) is 97.0 cm³/mol. The molecule has 1 aromatic heterocycles. The van der Waals surface area contributed by atoms with Crippen LogP contribution in [0.3, 0.4) is 0 Å². The van der Waals surface area contributed by atoms with E-state index in [1.54, 1.807) is 0 Å². The van der Waals surface area contributed by atoms with E-state index < -0.39 is 11.6 Å². The molecule has 4 aliphatic rings. The van der Waals surface area contributed by atoms with Gasteiger partial charge in [0.25, 0.3) is 0 Å². The Balaban J connectivity index is 1.16. The highest BCUT2D eigenvalue weighted by atomic mass is 17.3. The second-order valence-corrected chi connectivity index (χ2v) is 9.59. The first-order valence-electron chi connectivity index (χ1n) is 10.9. The summed E-state index contributed by atoms with van der Waals surface area (Å²) in [5.74, 6) is 2.67. The maximum Gasteiger partial charge on any atom is 0.204 e. The molecule has 1 N–H and O–H groups in total. The number of hydrogen-bond acceptors (Lipinski definition) is 6. The third-order valence-corrected chi connectivity index (χ3v) is 7.66. The van der Waals surface area contributed by atoms with Crippen LogP contribution in [0.1, 0.15) is 83.4 Å². The largest absolute Gasteiger partial charge is 0.312 e. The van der Waals surface area contributed by atoms with Crippen LogP contribution in [0, 0.1) is 23.7 Å². The Morgan fingerprint density at radius 2 is 1.81 bits per heavy atom. The molecular weight excluding hydrogens is 344 g/mol. The number of tetrazole rings is 1. The van der Waals surface area contributed by atoms with E-state index in [2.05, 4.69) is 27.5 Å². The van der Waals surface area contributed by atoms with Crippen molar-refractivity contribution in [2.75, 3.05) is 0 Å². The van der Waals surface area contributed by atoms with Crippen molar-refractivity contribution < 1.29 is 14.5 Å². The molecule has 1 aromatic rings. The van der Waals surface area contributed by atoms with Crippen molar-refractivity contribution in [1.82, 2.24) is 20.6 Å². The van der Waals surface area contributed by atoms with E-state index in [1.807, 2.05) is 0 Å². The fraction of sp³-hybridized carbons (Fsp3) is 0.950. The van der Waals surface area contributed by atoms with Gasteiger partial charge in [0, 0.05) is 25.2 Å². The highest BCUT2D eigenvalue weighted by Crippen LogP contribution is 2.53. The van der Waals surface area contributed by atoms with E-state index in [0.29, 0.717) is 11.8 Å². The Hall–Kier alpha value is -1.05. The van der Waals surface area contributed by atoms with E-state index in [9.17, 15) is 0 Å². The molecule has 27 heavy (non-hydrogen) atoms. The van der Waals surface area contributed by atoms with Crippen LogP contribution in [-0.4, -0.2) is 32.2 Å². The van der Waals surface area contributed by atoms with Crippen molar-refractivity contribution in [3.8, 4) is 0 Å². The van der Waals surface area contributed by atoms with E-state index in [1.165, 1.54) is 38.5 Å². The van der Waals surface area contributed by atoms with Gasteiger partial charge in [-0.1, -0.05) is 19.3 Å². The third-order valence-electron chi connectivity index (χ3n) is 7.66. The Morgan fingerprint density at radius 1 is 1.04 bits per heavy atom. The Morgan fingerprint density at radius 3 is 2.52 bits per heavy atom. The molecule has 2 unspecified atom stereocenters. The minimum atomic E-state index is -0.563. The molecule has 1 saturated heterocycles. The van der Waals surface area contributed by atoms with E-state index in [0.717, 1.165) is 56.2 Å². The normalized spacial score (nSPS) is 44.6. The first-order chi connectivity index (χ1) is 13.1. The molecule has 0 radical (unpaired) electrons. The van der Waals surface area contributed by atoms with Gasteiger partial charge in [-0.15, -0.1) is 5.10 Å². The Kier molecular flexibility index (Phi) is 4.72. The van der Waals surface area contributed by atoms with E-state index >= 15 is 0 Å². The standard InChI is InChI=1S/C20H32N4O3/c1-19(17-12-15-3-2-4-16(11-15)13-17)25-20(27-26-19)9-7-14(8-10-20)5-6-18-21-23-24-22-18/h14-17H,2-13H2,1H3,(H,21,22,23,24)/t14-,15?,16?,17?,19-,20+/m0/s1. The molecular formula is C20H32N4O3. The second-order valence-electron chi connectivity index (χ2n) is 9.59. The number of hydrogen-bond donors (Lipinski definition) is 1. The maximum absolute atomic E-state index is 6.60. The number of aromatic amines is 1. The van der Waals surface area contributed by atoms with Crippen molar-refractivity contribution in [3.05, 3.63) is 5.82 Å². The summed E-state index contributed by atoms with van der Waals surface area (Å²) < 4.78 is 6.60. The molecule has 5 rings (SSSR count). The average molecular weight is 377 g/mol. The molecule has 3 saturated carbocycles. The lowest BCUT2D eigenvalue weighted by atomic mass is 9.66. The molecule has 2 heterocycles. The molecule has 2 bridgehead atoms. The van der Waals surface area contributed by atoms with Gasteiger partial charge in [0.1, 0.15) is 5.82 Å². The second kappa shape index (κ2) is 7.08. The fourth-order valence-corrected chi connectivity index (χ4v) is 6.09. The molecule has 7 nitrogen and oxygen atoms in total. The monoisotopic (exact) mass is 376 g/mol. The number of aromatic nitrogens is 4. The average Bonchev–Trinajstić information content (AvgIpc) is 3.30. The summed E-state index contributed by atoms with van der Waals surface area (Å²) in [6.07, 6.45) is 14.1. The lowest BCUT2D eigenvalue weighted by molar-refractivity contribution is -0.362. The molecule has 150 valence electrons. The summed E-state index contributed by atoms with van der Waals surface area (Å²) in [7, 11) is 0. The van der Waals surface area contributed by atoms with Gasteiger partial charge >= 0.3 is 0 Å². The van der Waals surface area contributed by atoms with Crippen molar-refractivity contribution >= 4 is 0 Å². The van der Waals surface area contributed by atoms with Gasteiger partial charge in [-0.3, -0.25) is 0 Å². The number of fused-ring (bicyclic) bond motifs is 2. The fourth-order valence-electron chi connectivity index (χ4n) is 6.09. The van der Waals surface area contributed by atoms with E-state index in [-0.39, 0.29) is 0 Å². The van der Waals surface area contributed by atoms with Gasteiger partial charge in [-0.25, -0.2) is 5.10 Å². The van der Waals surface area contributed by atoms with Crippen LogP contribution in [0.25, 0.3) is 0 Å². The Labute approximate surface area is 160 Å². The quantitative estimate of drug-likeness (QED) is 0.802. The molecule has 1 spiro atoms. The summed E-state index contributed by atoms with van der Waals surface area (Å²) in [6.45, 7) is 2.12. The molecule has 4 fully saturated rings. The third kappa shape index (κ3) is 3.66. The van der Waals surface area contributed by atoms with Crippen molar-refractivity contribution in [1.29, 1.82) is 0 Å². The van der Waals surface area contributed by atoms with Gasteiger partial charge in [0.05, 0.1) is 0 Å². The zero-order chi connectivity index (χ0) is 18.3. The molecule has 0 amide bonds. The minimum Gasteiger partial charge on any atom is -0.312 e. The summed E-state index contributed by atoms with van der Waals surface area (Å²) in [5.41, 5.74) is 0. The van der Waals surface area contributed by atoms with Crippen LogP contribution in [-0.2, 0) is 20.9 Å². The summed E-state index contributed by atoms with van der Waals surface area (Å²) in [4.78, 5) is 11.8. The molecule has 3 aliphatic carbocycles. The van der Waals surface area contributed by atoms with Crippen molar-refractivity contribution in [3.63, 3.8) is 0 Å². The number of H-pyrrole nitrogens is 1. The van der Waals surface area contributed by atoms with Crippen LogP contribution < -0.4 is 0 Å². The summed E-state index contributed by atoms with van der Waals surface area (Å²) >= 11 is 0. The molecule has 3 atom stereocenters. The summed E-state index contributed by atoms with van der Waals surface area (Å²) in [5, 5.41) is 14.1. The first kappa shape index (κ1) is 18.0. The topological polar surface area (TPSA) is 82.2 Å². The minimum absolute atomic E-state index is 0.470. The number of rotatable bonds is 4. The number of nitrogens with zero attached hydrogens (tertiary/aromatic N) is 3. The lowest BCUT2D eigenvalue weighted by Crippen LogP contribution is -2.45. The van der Waals surface area contributed by atoms with Gasteiger partial charge in [-0.05, 0) is 73.6 Å². The Bertz CT molecular complexity index is 619. The lowest BCUT2D eigenvalue weighted by Gasteiger charge is -2.44.